The summed E-state index contributed by atoms with van der Waals surface area (Å²) in [6.07, 6.45) is 2.30. The van der Waals surface area contributed by atoms with Crippen LogP contribution in [-0.2, 0) is 32.1 Å². The molecule has 1 saturated heterocycles. The molecular formula is C25H24N2O7S. The number of carbonyl (C=O) groups is 4. The molecule has 0 aromatic heterocycles. The van der Waals surface area contributed by atoms with Gasteiger partial charge in [0.25, 0.3) is 11.1 Å². The maximum absolute atomic E-state index is 12.9. The average molecular weight is 497 g/mol. The van der Waals surface area contributed by atoms with E-state index in [0.29, 0.717) is 30.2 Å². The van der Waals surface area contributed by atoms with Crippen molar-refractivity contribution in [1.29, 1.82) is 0 Å². The Morgan fingerprint density at radius 2 is 1.83 bits per heavy atom. The number of thioether (sulfide) groups is 1. The minimum absolute atomic E-state index is 0.206. The van der Waals surface area contributed by atoms with Crippen LogP contribution in [0.4, 0.5) is 4.79 Å². The molecule has 2 aromatic carbocycles. The highest BCUT2D eigenvalue weighted by molar-refractivity contribution is 8.18. The Morgan fingerprint density at radius 3 is 2.57 bits per heavy atom. The fourth-order valence-electron chi connectivity index (χ4n) is 3.82. The van der Waals surface area contributed by atoms with Gasteiger partial charge in [0.15, 0.2) is 18.1 Å². The molecule has 2 heterocycles. The molecule has 0 spiro atoms. The van der Waals surface area contributed by atoms with E-state index in [0.717, 1.165) is 28.6 Å². The van der Waals surface area contributed by atoms with Gasteiger partial charge in [-0.1, -0.05) is 30.3 Å². The smallest absolute Gasteiger partial charge is 0.343 e. The number of ether oxygens (including phenoxy) is 3. The molecule has 2 aliphatic heterocycles. The zero-order chi connectivity index (χ0) is 24.9. The molecule has 1 fully saturated rings. The molecule has 9 nitrogen and oxygen atoms in total. The van der Waals surface area contributed by atoms with Crippen molar-refractivity contribution in [1.82, 2.24) is 9.80 Å². The molecule has 0 radical (unpaired) electrons. The third-order valence-corrected chi connectivity index (χ3v) is 6.62. The van der Waals surface area contributed by atoms with E-state index in [9.17, 15) is 19.2 Å². The molecule has 0 saturated carbocycles. The van der Waals surface area contributed by atoms with E-state index in [1.54, 1.807) is 29.2 Å². The molecular weight excluding hydrogens is 472 g/mol. The van der Waals surface area contributed by atoms with Crippen LogP contribution in [0.2, 0.25) is 0 Å². The Morgan fingerprint density at radius 1 is 1.06 bits per heavy atom. The van der Waals surface area contributed by atoms with Crippen LogP contribution in [0.15, 0.2) is 47.4 Å². The zero-order valence-corrected chi connectivity index (χ0v) is 20.1. The van der Waals surface area contributed by atoms with Crippen molar-refractivity contribution < 1.29 is 33.4 Å². The van der Waals surface area contributed by atoms with Crippen molar-refractivity contribution in [3.63, 3.8) is 0 Å². The van der Waals surface area contributed by atoms with E-state index in [1.807, 2.05) is 24.3 Å². The van der Waals surface area contributed by atoms with Crippen LogP contribution >= 0.6 is 11.8 Å². The SMILES string of the molecule is COC(=O)COc1ccc(/C=C2\SC(=O)N(CC(=O)N3CCc4ccccc4C3)C2=O)cc1OC. The van der Waals surface area contributed by atoms with Crippen LogP contribution in [0.5, 0.6) is 11.5 Å². The largest absolute Gasteiger partial charge is 0.493 e. The molecule has 35 heavy (non-hydrogen) atoms. The molecule has 2 aliphatic rings. The number of carbonyl (C=O) groups excluding carboxylic acids is 4. The first kappa shape index (κ1) is 24.3. The zero-order valence-electron chi connectivity index (χ0n) is 19.3. The molecule has 182 valence electrons. The summed E-state index contributed by atoms with van der Waals surface area (Å²) in [4.78, 5) is 52.5. The molecule has 10 heteroatoms. The normalized spacial score (nSPS) is 16.3. The minimum atomic E-state index is -0.534. The van der Waals surface area contributed by atoms with E-state index >= 15 is 0 Å². The fourth-order valence-corrected chi connectivity index (χ4v) is 4.66. The first-order valence-corrected chi connectivity index (χ1v) is 11.7. The van der Waals surface area contributed by atoms with E-state index in [4.69, 9.17) is 9.47 Å². The highest BCUT2D eigenvalue weighted by Crippen LogP contribution is 2.34. The quantitative estimate of drug-likeness (QED) is 0.426. The average Bonchev–Trinajstić information content (AvgIpc) is 3.14. The number of rotatable bonds is 7. The maximum atomic E-state index is 12.9. The van der Waals surface area contributed by atoms with Gasteiger partial charge >= 0.3 is 5.97 Å². The number of benzene rings is 2. The van der Waals surface area contributed by atoms with E-state index < -0.39 is 17.1 Å². The summed E-state index contributed by atoms with van der Waals surface area (Å²) in [5.74, 6) is -0.639. The number of esters is 1. The number of nitrogens with zero attached hydrogens (tertiary/aromatic N) is 2. The number of methoxy groups -OCH3 is 2. The molecule has 0 unspecified atom stereocenters. The molecule has 4 rings (SSSR count). The Bertz CT molecular complexity index is 1210. The summed E-state index contributed by atoms with van der Waals surface area (Å²) >= 11 is 0.783. The van der Waals surface area contributed by atoms with Gasteiger partial charge in [0, 0.05) is 13.1 Å². The predicted molar refractivity (Wildman–Crippen MR) is 129 cm³/mol. The van der Waals surface area contributed by atoms with Crippen LogP contribution in [0.3, 0.4) is 0 Å². The first-order valence-electron chi connectivity index (χ1n) is 10.9. The van der Waals surface area contributed by atoms with Gasteiger partial charge in [-0.2, -0.15) is 0 Å². The molecule has 3 amide bonds. The number of fused-ring (bicyclic) bond motifs is 1. The lowest BCUT2D eigenvalue weighted by Crippen LogP contribution is -2.44. The van der Waals surface area contributed by atoms with Crippen molar-refractivity contribution in [2.45, 2.75) is 13.0 Å². The second-order valence-electron chi connectivity index (χ2n) is 7.88. The number of hydrogen-bond donors (Lipinski definition) is 0. The van der Waals surface area contributed by atoms with Gasteiger partial charge in [-0.05, 0) is 53.1 Å². The van der Waals surface area contributed by atoms with Gasteiger partial charge in [-0.3, -0.25) is 19.3 Å². The van der Waals surface area contributed by atoms with Crippen molar-refractivity contribution in [2.24, 2.45) is 0 Å². The Kier molecular flexibility index (Phi) is 7.40. The van der Waals surface area contributed by atoms with Crippen LogP contribution < -0.4 is 9.47 Å². The summed E-state index contributed by atoms with van der Waals surface area (Å²) in [6, 6.07) is 12.8. The first-order chi connectivity index (χ1) is 16.9. The number of imide groups is 1. The third-order valence-electron chi connectivity index (χ3n) is 5.71. The topological polar surface area (TPSA) is 102 Å². The summed E-state index contributed by atoms with van der Waals surface area (Å²) in [6.45, 7) is 0.437. The van der Waals surface area contributed by atoms with Crippen molar-refractivity contribution in [3.8, 4) is 11.5 Å². The van der Waals surface area contributed by atoms with Gasteiger partial charge < -0.3 is 19.1 Å². The molecule has 0 aliphatic carbocycles. The Balaban J connectivity index is 1.43. The molecule has 0 atom stereocenters. The van der Waals surface area contributed by atoms with Crippen LogP contribution in [-0.4, -0.2) is 66.7 Å². The second-order valence-corrected chi connectivity index (χ2v) is 8.87. The van der Waals surface area contributed by atoms with Crippen molar-refractivity contribution >= 4 is 40.9 Å². The lowest BCUT2D eigenvalue weighted by atomic mass is 10.00. The van der Waals surface area contributed by atoms with E-state index in [-0.39, 0.29) is 24.0 Å². The number of amides is 3. The maximum Gasteiger partial charge on any atom is 0.343 e. The van der Waals surface area contributed by atoms with Gasteiger partial charge in [-0.25, -0.2) is 4.79 Å². The monoisotopic (exact) mass is 496 g/mol. The Labute approximate surface area is 206 Å². The molecule has 0 bridgehead atoms. The second kappa shape index (κ2) is 10.6. The predicted octanol–water partition coefficient (Wildman–Crippen LogP) is 2.87. The molecule has 2 aromatic rings. The molecule has 0 N–H and O–H groups in total. The minimum Gasteiger partial charge on any atom is -0.493 e. The van der Waals surface area contributed by atoms with E-state index in [2.05, 4.69) is 4.74 Å². The van der Waals surface area contributed by atoms with Gasteiger partial charge in [0.1, 0.15) is 6.54 Å². The summed E-state index contributed by atoms with van der Waals surface area (Å²) in [5.41, 5.74) is 2.88. The standard InChI is InChI=1S/C25H24N2O7S/c1-32-20-11-16(7-8-19(20)34-15-23(29)33-2)12-21-24(30)27(25(31)35-21)14-22(28)26-10-9-17-5-3-4-6-18(17)13-26/h3-8,11-12H,9-10,13-15H2,1-2H3/b21-12-. The van der Waals surface area contributed by atoms with Gasteiger partial charge in [0.05, 0.1) is 19.1 Å². The highest BCUT2D eigenvalue weighted by atomic mass is 32.2. The van der Waals surface area contributed by atoms with Gasteiger partial charge in [-0.15, -0.1) is 0 Å². The lowest BCUT2D eigenvalue weighted by Gasteiger charge is -2.29. The van der Waals surface area contributed by atoms with Crippen LogP contribution in [0.25, 0.3) is 6.08 Å². The summed E-state index contributed by atoms with van der Waals surface area (Å²) in [7, 11) is 2.71. The Hall–Kier alpha value is -3.79. The van der Waals surface area contributed by atoms with Crippen molar-refractivity contribution in [3.05, 3.63) is 64.1 Å². The number of hydrogen-bond acceptors (Lipinski definition) is 8. The van der Waals surface area contributed by atoms with E-state index in [1.165, 1.54) is 19.8 Å². The van der Waals surface area contributed by atoms with Gasteiger partial charge in [0.2, 0.25) is 5.91 Å². The third kappa shape index (κ3) is 5.48. The lowest BCUT2D eigenvalue weighted by molar-refractivity contribution is -0.143. The van der Waals surface area contributed by atoms with Crippen LogP contribution in [0.1, 0.15) is 16.7 Å². The summed E-state index contributed by atoms with van der Waals surface area (Å²) < 4.78 is 15.2. The van der Waals surface area contributed by atoms with Crippen molar-refractivity contribution in [2.75, 3.05) is 33.9 Å². The summed E-state index contributed by atoms with van der Waals surface area (Å²) in [5, 5.41) is -0.489. The van der Waals surface area contributed by atoms with Crippen LogP contribution in [0, 0.1) is 0 Å². The fraction of sp³-hybridized carbons (Fsp3) is 0.280. The highest BCUT2D eigenvalue weighted by Gasteiger charge is 2.37.